The van der Waals surface area contributed by atoms with Gasteiger partial charge in [-0.2, -0.15) is 0 Å². The Balaban J connectivity index is 2.73. The zero-order valence-corrected chi connectivity index (χ0v) is 9.56. The van der Waals surface area contributed by atoms with Crippen molar-refractivity contribution in [3.8, 4) is 0 Å². The van der Waals surface area contributed by atoms with Crippen molar-refractivity contribution < 1.29 is 8.78 Å². The highest BCUT2D eigenvalue weighted by atomic mass is 79.9. The van der Waals surface area contributed by atoms with Crippen molar-refractivity contribution in [2.45, 2.75) is 6.43 Å². The van der Waals surface area contributed by atoms with Gasteiger partial charge in [-0.25, -0.2) is 18.7 Å². The summed E-state index contributed by atoms with van der Waals surface area (Å²) >= 11 is 9.02. The van der Waals surface area contributed by atoms with Crippen LogP contribution >= 0.6 is 27.5 Å². The van der Waals surface area contributed by atoms with E-state index in [9.17, 15) is 8.78 Å². The van der Waals surface area contributed by atoms with E-state index >= 15 is 0 Å². The maximum atomic E-state index is 12.4. The van der Waals surface area contributed by atoms with E-state index in [4.69, 9.17) is 11.6 Å². The monoisotopic (exact) mass is 292 g/mol. The van der Waals surface area contributed by atoms with Crippen molar-refractivity contribution in [3.63, 3.8) is 0 Å². The number of nitrogens with zero attached hydrogens (tertiary/aromatic N) is 2. The van der Waals surface area contributed by atoms with Gasteiger partial charge >= 0.3 is 0 Å². The number of alkyl halides is 2. The zero-order valence-electron chi connectivity index (χ0n) is 7.22. The molecule has 1 heterocycles. The molecule has 0 aliphatic heterocycles. The molecule has 6 heteroatoms. The topological polar surface area (TPSA) is 25.8 Å². The Morgan fingerprint density at radius 1 is 1.27 bits per heavy atom. The van der Waals surface area contributed by atoms with E-state index in [1.165, 1.54) is 0 Å². The normalized spacial score (nSPS) is 11.3. The number of rotatable bonds is 1. The van der Waals surface area contributed by atoms with Crippen molar-refractivity contribution in [2.24, 2.45) is 0 Å². The van der Waals surface area contributed by atoms with Gasteiger partial charge < -0.3 is 0 Å². The molecule has 0 unspecified atom stereocenters. The molecule has 0 saturated carbocycles. The van der Waals surface area contributed by atoms with Crippen LogP contribution in [0.4, 0.5) is 8.78 Å². The Labute approximate surface area is 97.4 Å². The molecule has 0 bridgehead atoms. The number of fused-ring (bicyclic) bond motifs is 1. The van der Waals surface area contributed by atoms with Crippen LogP contribution in [0, 0.1) is 0 Å². The molecular formula is C9H4BrClF2N2. The first-order chi connectivity index (χ1) is 7.08. The number of halogens is 4. The van der Waals surface area contributed by atoms with Gasteiger partial charge in [-0.05, 0) is 18.2 Å². The van der Waals surface area contributed by atoms with E-state index in [-0.39, 0.29) is 5.15 Å². The van der Waals surface area contributed by atoms with Gasteiger partial charge in [0.1, 0.15) is 5.15 Å². The fourth-order valence-electron chi connectivity index (χ4n) is 1.18. The van der Waals surface area contributed by atoms with Gasteiger partial charge in [0.15, 0.2) is 5.82 Å². The predicted octanol–water partition coefficient (Wildman–Crippen LogP) is 3.98. The summed E-state index contributed by atoms with van der Waals surface area (Å²) in [4.78, 5) is 7.24. The third-order valence-electron chi connectivity index (χ3n) is 1.82. The highest BCUT2D eigenvalue weighted by Gasteiger charge is 2.14. The van der Waals surface area contributed by atoms with Crippen molar-refractivity contribution in [1.29, 1.82) is 0 Å². The predicted molar refractivity (Wildman–Crippen MR) is 57.2 cm³/mol. The Hall–Kier alpha value is -0.810. The van der Waals surface area contributed by atoms with E-state index in [1.807, 2.05) is 0 Å². The minimum atomic E-state index is -2.71. The minimum Gasteiger partial charge on any atom is -0.227 e. The van der Waals surface area contributed by atoms with Gasteiger partial charge in [0.2, 0.25) is 0 Å². The molecule has 0 radical (unpaired) electrons. The van der Waals surface area contributed by atoms with Crippen LogP contribution in [0.3, 0.4) is 0 Å². The number of aromatic nitrogens is 2. The van der Waals surface area contributed by atoms with E-state index in [2.05, 4.69) is 25.9 Å². The van der Waals surface area contributed by atoms with Crippen LogP contribution in [0.15, 0.2) is 22.7 Å². The SMILES string of the molecule is FC(F)c1nc(Cl)c2cc(Br)ccc2n1. The average molecular weight is 293 g/mol. The lowest BCUT2D eigenvalue weighted by atomic mass is 10.2. The lowest BCUT2D eigenvalue weighted by Crippen LogP contribution is -1.96. The van der Waals surface area contributed by atoms with Gasteiger partial charge in [0.25, 0.3) is 6.43 Å². The second-order valence-corrected chi connectivity index (χ2v) is 4.11. The van der Waals surface area contributed by atoms with E-state index in [1.54, 1.807) is 18.2 Å². The van der Waals surface area contributed by atoms with Crippen LogP contribution < -0.4 is 0 Å². The summed E-state index contributed by atoms with van der Waals surface area (Å²) < 4.78 is 25.5. The fraction of sp³-hybridized carbons (Fsp3) is 0.111. The van der Waals surface area contributed by atoms with Crippen molar-refractivity contribution >= 4 is 38.4 Å². The second-order valence-electron chi connectivity index (χ2n) is 2.83. The summed E-state index contributed by atoms with van der Waals surface area (Å²) in [6.45, 7) is 0. The standard InChI is InChI=1S/C9H4BrClF2N2/c10-4-1-2-6-5(3-4)7(11)15-9(14-6)8(12)13/h1-3,8H. The quantitative estimate of drug-likeness (QED) is 0.743. The first-order valence-electron chi connectivity index (χ1n) is 3.99. The molecule has 0 saturated heterocycles. The van der Waals surface area contributed by atoms with E-state index < -0.39 is 12.2 Å². The van der Waals surface area contributed by atoms with Crippen molar-refractivity contribution in [2.75, 3.05) is 0 Å². The molecule has 0 aliphatic rings. The van der Waals surface area contributed by atoms with Gasteiger partial charge in [-0.1, -0.05) is 27.5 Å². The summed E-state index contributed by atoms with van der Waals surface area (Å²) in [7, 11) is 0. The summed E-state index contributed by atoms with van der Waals surface area (Å²) in [5, 5.41) is 0.590. The number of benzene rings is 1. The van der Waals surface area contributed by atoms with Crippen molar-refractivity contribution in [3.05, 3.63) is 33.6 Å². The van der Waals surface area contributed by atoms with Crippen LogP contribution in [-0.4, -0.2) is 9.97 Å². The van der Waals surface area contributed by atoms with Crippen LogP contribution in [0.1, 0.15) is 12.2 Å². The van der Waals surface area contributed by atoms with E-state index in [0.29, 0.717) is 10.9 Å². The van der Waals surface area contributed by atoms with Crippen molar-refractivity contribution in [1.82, 2.24) is 9.97 Å². The molecule has 2 rings (SSSR count). The highest BCUT2D eigenvalue weighted by molar-refractivity contribution is 9.10. The Morgan fingerprint density at radius 2 is 2.00 bits per heavy atom. The lowest BCUT2D eigenvalue weighted by molar-refractivity contribution is 0.141. The summed E-state index contributed by atoms with van der Waals surface area (Å²) in [6.07, 6.45) is -2.71. The molecule has 15 heavy (non-hydrogen) atoms. The van der Waals surface area contributed by atoms with Gasteiger partial charge in [0.05, 0.1) is 5.52 Å². The Morgan fingerprint density at radius 3 is 2.67 bits per heavy atom. The molecule has 0 N–H and O–H groups in total. The Kier molecular flexibility index (Phi) is 2.84. The molecule has 0 atom stereocenters. The average Bonchev–Trinajstić information content (AvgIpc) is 2.18. The van der Waals surface area contributed by atoms with Crippen LogP contribution in [-0.2, 0) is 0 Å². The molecule has 0 spiro atoms. The molecule has 0 aliphatic carbocycles. The summed E-state index contributed by atoms with van der Waals surface area (Å²) in [6, 6.07) is 5.01. The molecule has 0 amide bonds. The molecule has 2 aromatic rings. The molecule has 1 aromatic carbocycles. The minimum absolute atomic E-state index is 0.0385. The molecule has 1 aromatic heterocycles. The highest BCUT2D eigenvalue weighted by Crippen LogP contribution is 2.26. The molecule has 0 fully saturated rings. The smallest absolute Gasteiger partial charge is 0.227 e. The maximum absolute atomic E-state index is 12.4. The summed E-state index contributed by atoms with van der Waals surface area (Å²) in [5.41, 5.74) is 0.411. The number of hydrogen-bond donors (Lipinski definition) is 0. The Bertz CT molecular complexity index is 519. The molecule has 78 valence electrons. The molecule has 2 nitrogen and oxygen atoms in total. The third kappa shape index (κ3) is 2.08. The van der Waals surface area contributed by atoms with Crippen LogP contribution in [0.5, 0.6) is 0 Å². The lowest BCUT2D eigenvalue weighted by Gasteiger charge is -2.03. The summed E-state index contributed by atoms with van der Waals surface area (Å²) in [5.74, 6) is -0.546. The molecular weight excluding hydrogens is 289 g/mol. The van der Waals surface area contributed by atoms with Crippen LogP contribution in [0.2, 0.25) is 5.15 Å². The largest absolute Gasteiger partial charge is 0.297 e. The zero-order chi connectivity index (χ0) is 11.0. The maximum Gasteiger partial charge on any atom is 0.297 e. The third-order valence-corrected chi connectivity index (χ3v) is 2.61. The first-order valence-corrected chi connectivity index (χ1v) is 5.16. The fourth-order valence-corrected chi connectivity index (χ4v) is 1.78. The first kappa shape index (κ1) is 10.7. The second kappa shape index (κ2) is 3.98. The van der Waals surface area contributed by atoms with Gasteiger partial charge in [0, 0.05) is 9.86 Å². The number of hydrogen-bond acceptors (Lipinski definition) is 2. The van der Waals surface area contributed by atoms with Crippen LogP contribution in [0.25, 0.3) is 10.9 Å². The van der Waals surface area contributed by atoms with Gasteiger partial charge in [-0.3, -0.25) is 0 Å². The van der Waals surface area contributed by atoms with Gasteiger partial charge in [-0.15, -0.1) is 0 Å². The van der Waals surface area contributed by atoms with E-state index in [0.717, 1.165) is 4.47 Å².